The lowest BCUT2D eigenvalue weighted by molar-refractivity contribution is -0.122. The normalized spacial score (nSPS) is 18.6. The summed E-state index contributed by atoms with van der Waals surface area (Å²) in [7, 11) is 0. The van der Waals surface area contributed by atoms with Crippen molar-refractivity contribution >= 4 is 34.5 Å². The first kappa shape index (κ1) is 19.0. The van der Waals surface area contributed by atoms with Gasteiger partial charge in [-0.1, -0.05) is 31.2 Å². The summed E-state index contributed by atoms with van der Waals surface area (Å²) >= 11 is 1.37. The Morgan fingerprint density at radius 2 is 2.40 bits per heavy atom. The summed E-state index contributed by atoms with van der Waals surface area (Å²) in [6.07, 6.45) is 2.99. The van der Waals surface area contributed by atoms with Crippen LogP contribution in [0.5, 0.6) is 0 Å². The number of oxime groups is 1. The van der Waals surface area contributed by atoms with Crippen LogP contribution < -0.4 is 10.9 Å². The molecule has 0 aromatic carbocycles. The summed E-state index contributed by atoms with van der Waals surface area (Å²) in [5.74, 6) is 0.627. The Kier molecular flexibility index (Phi) is 6.58. The van der Waals surface area contributed by atoms with E-state index >= 15 is 0 Å². The molecule has 1 aromatic rings. The Bertz CT molecular complexity index is 769. The highest BCUT2D eigenvalue weighted by molar-refractivity contribution is 8.16. The smallest absolute Gasteiger partial charge is 0.336 e. The summed E-state index contributed by atoms with van der Waals surface area (Å²) in [5, 5.41) is 15.4. The van der Waals surface area contributed by atoms with Crippen molar-refractivity contribution in [2.75, 3.05) is 5.75 Å². The Morgan fingerprint density at radius 3 is 3.04 bits per heavy atom. The predicted molar refractivity (Wildman–Crippen MR) is 99.4 cm³/mol. The van der Waals surface area contributed by atoms with Crippen LogP contribution in [-0.4, -0.2) is 33.7 Å². The first-order valence-electron chi connectivity index (χ1n) is 7.96. The number of aliphatic imine (C=N–C) groups is 1. The lowest BCUT2D eigenvalue weighted by atomic mass is 10.1. The van der Waals surface area contributed by atoms with E-state index < -0.39 is 17.7 Å². The summed E-state index contributed by atoms with van der Waals surface area (Å²) in [5.41, 5.74) is 0.553. The third-order valence-electron chi connectivity index (χ3n) is 3.70. The monoisotopic (exact) mass is 363 g/mol. The highest BCUT2D eigenvalue weighted by Gasteiger charge is 2.28. The van der Waals surface area contributed by atoms with Gasteiger partial charge in [-0.25, -0.2) is 4.79 Å². The van der Waals surface area contributed by atoms with Crippen LogP contribution in [0.1, 0.15) is 44.1 Å². The number of nitrogens with one attached hydrogen (secondary N) is 1. The second-order valence-corrected chi connectivity index (χ2v) is 6.62. The largest absolute Gasteiger partial charge is 0.426 e. The first-order chi connectivity index (χ1) is 12.0. The maximum atomic E-state index is 12.5. The Morgan fingerprint density at radius 1 is 1.64 bits per heavy atom. The standard InChI is InChI=1S/C17H21N3O4S/c1-4-6-12(14-7-11(5-2)8-15(21)24-14)18-16(22)13-9-25-17(19-13)10(3)20-23/h5,7-8,12-13,23H,2,4,6,9H2,1,3H3,(H,18,22)/b20-10+. The van der Waals surface area contributed by atoms with Crippen LogP contribution >= 0.6 is 11.8 Å². The molecule has 0 fully saturated rings. The zero-order valence-electron chi connectivity index (χ0n) is 14.2. The number of thioether (sulfide) groups is 1. The number of rotatable bonds is 7. The molecule has 7 nitrogen and oxygen atoms in total. The fourth-order valence-corrected chi connectivity index (χ4v) is 3.39. The molecule has 1 aliphatic heterocycles. The molecule has 8 heteroatoms. The quantitative estimate of drug-likeness (QED) is 0.440. The van der Waals surface area contributed by atoms with E-state index in [1.165, 1.54) is 17.8 Å². The van der Waals surface area contributed by atoms with E-state index in [1.807, 2.05) is 6.92 Å². The highest BCUT2D eigenvalue weighted by Crippen LogP contribution is 2.23. The zero-order valence-corrected chi connectivity index (χ0v) is 15.0. The van der Waals surface area contributed by atoms with E-state index in [2.05, 4.69) is 22.0 Å². The van der Waals surface area contributed by atoms with Gasteiger partial charge in [0.15, 0.2) is 0 Å². The van der Waals surface area contributed by atoms with Gasteiger partial charge in [0.1, 0.15) is 22.6 Å². The molecule has 0 bridgehead atoms. The molecule has 0 spiro atoms. The molecule has 25 heavy (non-hydrogen) atoms. The Labute approximate surface area is 149 Å². The molecule has 1 aliphatic rings. The van der Waals surface area contributed by atoms with Gasteiger partial charge in [0.2, 0.25) is 5.91 Å². The minimum atomic E-state index is -0.564. The number of carbonyl (C=O) groups is 1. The van der Waals surface area contributed by atoms with Crippen LogP contribution in [0.15, 0.2) is 38.1 Å². The van der Waals surface area contributed by atoms with Crippen LogP contribution in [0, 0.1) is 0 Å². The van der Waals surface area contributed by atoms with Crippen molar-refractivity contribution in [2.24, 2.45) is 10.1 Å². The molecular weight excluding hydrogens is 342 g/mol. The van der Waals surface area contributed by atoms with E-state index in [4.69, 9.17) is 9.62 Å². The molecule has 2 unspecified atom stereocenters. The van der Waals surface area contributed by atoms with Crippen LogP contribution in [0.3, 0.4) is 0 Å². The van der Waals surface area contributed by atoms with Gasteiger partial charge in [0, 0.05) is 11.8 Å². The number of nitrogens with zero attached hydrogens (tertiary/aromatic N) is 2. The van der Waals surface area contributed by atoms with E-state index in [0.29, 0.717) is 34.3 Å². The van der Waals surface area contributed by atoms with Crippen LogP contribution in [0.2, 0.25) is 0 Å². The lowest BCUT2D eigenvalue weighted by Gasteiger charge is -2.18. The van der Waals surface area contributed by atoms with Crippen molar-refractivity contribution in [3.05, 3.63) is 40.5 Å². The summed E-state index contributed by atoms with van der Waals surface area (Å²) in [6.45, 7) is 7.27. The zero-order chi connectivity index (χ0) is 18.4. The molecule has 1 amide bonds. The SMILES string of the molecule is C=Cc1cc(C(CCC)NC(=O)C2CSC(/C(C)=N/O)=N2)oc(=O)c1. The molecular formula is C17H21N3O4S. The second kappa shape index (κ2) is 8.66. The lowest BCUT2D eigenvalue weighted by Crippen LogP contribution is -2.37. The van der Waals surface area contributed by atoms with E-state index in [1.54, 1.807) is 19.1 Å². The van der Waals surface area contributed by atoms with Crippen LogP contribution in [-0.2, 0) is 4.79 Å². The molecule has 2 heterocycles. The first-order valence-corrected chi connectivity index (χ1v) is 8.94. The highest BCUT2D eigenvalue weighted by atomic mass is 32.2. The van der Waals surface area contributed by atoms with Crippen molar-refractivity contribution in [3.8, 4) is 0 Å². The van der Waals surface area contributed by atoms with Gasteiger partial charge in [0.05, 0.1) is 6.04 Å². The van der Waals surface area contributed by atoms with Gasteiger partial charge in [-0.15, -0.1) is 11.8 Å². The van der Waals surface area contributed by atoms with Gasteiger partial charge in [-0.05, 0) is 25.0 Å². The van der Waals surface area contributed by atoms with Crippen molar-refractivity contribution in [1.82, 2.24) is 5.32 Å². The summed E-state index contributed by atoms with van der Waals surface area (Å²) in [4.78, 5) is 28.5. The average molecular weight is 363 g/mol. The molecule has 0 radical (unpaired) electrons. The van der Waals surface area contributed by atoms with E-state index in [9.17, 15) is 9.59 Å². The minimum absolute atomic E-state index is 0.252. The summed E-state index contributed by atoms with van der Waals surface area (Å²) < 4.78 is 5.26. The average Bonchev–Trinajstić information content (AvgIpc) is 3.10. The number of amides is 1. The number of hydrogen-bond acceptors (Lipinski definition) is 7. The van der Waals surface area contributed by atoms with Crippen molar-refractivity contribution in [3.63, 3.8) is 0 Å². The predicted octanol–water partition coefficient (Wildman–Crippen LogP) is 2.60. The van der Waals surface area contributed by atoms with Crippen LogP contribution in [0.25, 0.3) is 6.08 Å². The second-order valence-electron chi connectivity index (χ2n) is 5.61. The van der Waals surface area contributed by atoms with Gasteiger partial charge >= 0.3 is 5.63 Å². The Hall–Kier alpha value is -2.35. The molecule has 134 valence electrons. The number of hydrogen-bond donors (Lipinski definition) is 2. The molecule has 1 aromatic heterocycles. The van der Waals surface area contributed by atoms with Gasteiger partial charge in [0.25, 0.3) is 0 Å². The maximum absolute atomic E-state index is 12.5. The van der Waals surface area contributed by atoms with Crippen LogP contribution in [0.4, 0.5) is 0 Å². The van der Waals surface area contributed by atoms with Crippen molar-refractivity contribution < 1.29 is 14.4 Å². The van der Waals surface area contributed by atoms with E-state index in [0.717, 1.165) is 6.42 Å². The Balaban J connectivity index is 2.18. The minimum Gasteiger partial charge on any atom is -0.426 e. The summed E-state index contributed by atoms with van der Waals surface area (Å²) in [6, 6.07) is 2.07. The fourth-order valence-electron chi connectivity index (χ4n) is 2.40. The maximum Gasteiger partial charge on any atom is 0.336 e. The molecule has 2 N–H and O–H groups in total. The number of carbonyl (C=O) groups excluding carboxylic acids is 1. The fraction of sp³-hybridized carbons (Fsp3) is 0.412. The molecule has 0 aliphatic carbocycles. The van der Waals surface area contributed by atoms with Crippen molar-refractivity contribution in [1.29, 1.82) is 0 Å². The third-order valence-corrected chi connectivity index (χ3v) is 4.85. The topological polar surface area (TPSA) is 104 Å². The van der Waals surface area contributed by atoms with Gasteiger partial charge in [-0.3, -0.25) is 9.79 Å². The van der Waals surface area contributed by atoms with Gasteiger partial charge < -0.3 is 14.9 Å². The van der Waals surface area contributed by atoms with Gasteiger partial charge in [-0.2, -0.15) is 0 Å². The molecule has 0 saturated heterocycles. The molecule has 2 rings (SSSR count). The molecule has 0 saturated carbocycles. The van der Waals surface area contributed by atoms with E-state index in [-0.39, 0.29) is 5.91 Å². The molecule has 2 atom stereocenters. The third kappa shape index (κ3) is 4.82. The van der Waals surface area contributed by atoms with Crippen molar-refractivity contribution in [2.45, 2.75) is 38.8 Å².